The quantitative estimate of drug-likeness (QED) is 0.642. The number of nitro benzene ring substituents is 1. The van der Waals surface area contributed by atoms with Gasteiger partial charge in [0.05, 0.1) is 12.0 Å². The minimum Gasteiger partial charge on any atom is -0.490 e. The van der Waals surface area contributed by atoms with Gasteiger partial charge in [-0.25, -0.2) is 0 Å². The first-order valence-electron chi connectivity index (χ1n) is 4.67. The van der Waals surface area contributed by atoms with Crippen molar-refractivity contribution < 1.29 is 14.2 Å². The fourth-order valence-corrected chi connectivity index (χ4v) is 1.41. The van der Waals surface area contributed by atoms with E-state index in [0.29, 0.717) is 11.3 Å². The summed E-state index contributed by atoms with van der Waals surface area (Å²) in [7, 11) is 1.36. The van der Waals surface area contributed by atoms with E-state index in [4.69, 9.17) is 15.0 Å². The van der Waals surface area contributed by atoms with Crippen molar-refractivity contribution in [2.45, 2.75) is 0 Å². The molecule has 0 unspecified atom stereocenters. The predicted octanol–water partition coefficient (Wildman–Crippen LogP) is 1.84. The molecule has 1 heterocycles. The Morgan fingerprint density at radius 2 is 2.24 bits per heavy atom. The highest BCUT2D eigenvalue weighted by Gasteiger charge is 2.16. The summed E-state index contributed by atoms with van der Waals surface area (Å²) in [4.78, 5) is 10.2. The Bertz CT molecular complexity index is 564. The molecule has 0 bridgehead atoms. The van der Waals surface area contributed by atoms with Crippen molar-refractivity contribution in [1.82, 2.24) is 5.16 Å². The van der Waals surface area contributed by atoms with E-state index in [-0.39, 0.29) is 17.3 Å². The maximum Gasteiger partial charge on any atom is 0.310 e. The molecule has 88 valence electrons. The van der Waals surface area contributed by atoms with E-state index in [0.717, 1.165) is 0 Å². The zero-order valence-corrected chi connectivity index (χ0v) is 8.91. The van der Waals surface area contributed by atoms with Crippen molar-refractivity contribution in [2.75, 3.05) is 12.8 Å². The van der Waals surface area contributed by atoms with Gasteiger partial charge in [-0.1, -0.05) is 5.16 Å². The van der Waals surface area contributed by atoms with E-state index < -0.39 is 4.92 Å². The molecule has 0 fully saturated rings. The second-order valence-electron chi connectivity index (χ2n) is 3.26. The van der Waals surface area contributed by atoms with E-state index in [1.165, 1.54) is 25.3 Å². The van der Waals surface area contributed by atoms with Crippen LogP contribution in [0.3, 0.4) is 0 Å². The van der Waals surface area contributed by atoms with Crippen molar-refractivity contribution in [3.05, 3.63) is 34.4 Å². The topological polar surface area (TPSA) is 104 Å². The van der Waals surface area contributed by atoms with Crippen molar-refractivity contribution in [3.63, 3.8) is 0 Å². The van der Waals surface area contributed by atoms with Crippen molar-refractivity contribution >= 4 is 11.5 Å². The minimum atomic E-state index is -0.517. The Kier molecular flexibility index (Phi) is 2.65. The standard InChI is InChI=1S/C10H9N3O4/c1-16-9-4-6(2-3-7(9)13(14)15)8-5-10(11)12-17-8/h2-5H,1H3,(H2,11,12). The van der Waals surface area contributed by atoms with Crippen molar-refractivity contribution in [3.8, 4) is 17.1 Å². The van der Waals surface area contributed by atoms with Crippen molar-refractivity contribution in [1.29, 1.82) is 0 Å². The fourth-order valence-electron chi connectivity index (χ4n) is 1.41. The largest absolute Gasteiger partial charge is 0.490 e. The number of hydrogen-bond acceptors (Lipinski definition) is 6. The Morgan fingerprint density at radius 3 is 2.76 bits per heavy atom. The molecule has 2 rings (SSSR count). The Balaban J connectivity index is 2.48. The normalized spacial score (nSPS) is 10.2. The summed E-state index contributed by atoms with van der Waals surface area (Å²) < 4.78 is 9.89. The second-order valence-corrected chi connectivity index (χ2v) is 3.26. The van der Waals surface area contributed by atoms with Crippen LogP contribution in [0.25, 0.3) is 11.3 Å². The van der Waals surface area contributed by atoms with Gasteiger partial charge in [-0.05, 0) is 12.1 Å². The monoisotopic (exact) mass is 235 g/mol. The van der Waals surface area contributed by atoms with Gasteiger partial charge in [0.2, 0.25) is 0 Å². The van der Waals surface area contributed by atoms with Crippen LogP contribution in [-0.4, -0.2) is 17.2 Å². The van der Waals surface area contributed by atoms with Gasteiger partial charge in [0.25, 0.3) is 0 Å². The zero-order valence-electron chi connectivity index (χ0n) is 8.91. The lowest BCUT2D eigenvalue weighted by molar-refractivity contribution is -0.385. The zero-order chi connectivity index (χ0) is 12.4. The SMILES string of the molecule is COc1cc(-c2cc(N)no2)ccc1[N+](=O)[O-]. The first-order valence-corrected chi connectivity index (χ1v) is 4.67. The molecule has 0 aliphatic rings. The molecule has 2 aromatic rings. The van der Waals surface area contributed by atoms with Gasteiger partial charge in [0, 0.05) is 17.7 Å². The average molecular weight is 235 g/mol. The number of rotatable bonds is 3. The average Bonchev–Trinajstić information content (AvgIpc) is 2.75. The van der Waals surface area contributed by atoms with Crippen LogP contribution < -0.4 is 10.5 Å². The van der Waals surface area contributed by atoms with Crippen LogP contribution in [0.5, 0.6) is 5.75 Å². The van der Waals surface area contributed by atoms with E-state index in [1.54, 1.807) is 6.07 Å². The van der Waals surface area contributed by atoms with E-state index >= 15 is 0 Å². The number of benzene rings is 1. The van der Waals surface area contributed by atoms with E-state index in [2.05, 4.69) is 5.16 Å². The number of ether oxygens (including phenoxy) is 1. The molecule has 0 amide bonds. The third-order valence-electron chi connectivity index (χ3n) is 2.19. The van der Waals surface area contributed by atoms with Gasteiger partial charge in [-0.2, -0.15) is 0 Å². The molecule has 0 saturated carbocycles. The van der Waals surface area contributed by atoms with Gasteiger partial charge in [0.1, 0.15) is 0 Å². The summed E-state index contributed by atoms with van der Waals surface area (Å²) in [5, 5.41) is 14.2. The fraction of sp³-hybridized carbons (Fsp3) is 0.100. The molecule has 7 nitrogen and oxygen atoms in total. The number of methoxy groups -OCH3 is 1. The lowest BCUT2D eigenvalue weighted by atomic mass is 10.1. The molecule has 0 atom stereocenters. The molecule has 2 N–H and O–H groups in total. The third kappa shape index (κ3) is 2.03. The lowest BCUT2D eigenvalue weighted by Gasteiger charge is -2.02. The molecular formula is C10H9N3O4. The summed E-state index contributed by atoms with van der Waals surface area (Å²) in [6, 6.07) is 5.91. The van der Waals surface area contributed by atoms with Gasteiger partial charge in [-0.15, -0.1) is 0 Å². The van der Waals surface area contributed by atoms with Gasteiger partial charge < -0.3 is 15.0 Å². The second kappa shape index (κ2) is 4.12. The number of hydrogen-bond donors (Lipinski definition) is 1. The van der Waals surface area contributed by atoms with E-state index in [1.807, 2.05) is 0 Å². The summed E-state index contributed by atoms with van der Waals surface area (Å²) in [5.41, 5.74) is 5.92. The highest BCUT2D eigenvalue weighted by molar-refractivity contribution is 5.65. The molecule has 17 heavy (non-hydrogen) atoms. The van der Waals surface area contributed by atoms with Crippen LogP contribution >= 0.6 is 0 Å². The lowest BCUT2D eigenvalue weighted by Crippen LogP contribution is -1.93. The molecule has 1 aromatic heterocycles. The smallest absolute Gasteiger partial charge is 0.310 e. The van der Waals surface area contributed by atoms with Gasteiger partial charge in [0.15, 0.2) is 17.3 Å². The van der Waals surface area contributed by atoms with Gasteiger partial charge >= 0.3 is 5.69 Å². The highest BCUT2D eigenvalue weighted by atomic mass is 16.6. The summed E-state index contributed by atoms with van der Waals surface area (Å²) >= 11 is 0. The number of nitro groups is 1. The van der Waals surface area contributed by atoms with Crippen LogP contribution in [0.4, 0.5) is 11.5 Å². The van der Waals surface area contributed by atoms with Crippen LogP contribution in [0.1, 0.15) is 0 Å². The molecule has 0 spiro atoms. The first-order chi connectivity index (χ1) is 8.11. The number of nitrogens with zero attached hydrogens (tertiary/aromatic N) is 2. The minimum absolute atomic E-state index is 0.108. The molecular weight excluding hydrogens is 226 g/mol. The summed E-state index contributed by atoms with van der Waals surface area (Å²) in [5.74, 6) is 0.829. The number of nitrogens with two attached hydrogens (primary N) is 1. The Labute approximate surface area is 95.9 Å². The summed E-state index contributed by atoms with van der Waals surface area (Å²) in [6.45, 7) is 0. The maximum atomic E-state index is 10.7. The van der Waals surface area contributed by atoms with Crippen LogP contribution in [0.15, 0.2) is 28.8 Å². The highest BCUT2D eigenvalue weighted by Crippen LogP contribution is 2.32. The van der Waals surface area contributed by atoms with Crippen molar-refractivity contribution in [2.24, 2.45) is 0 Å². The summed E-state index contributed by atoms with van der Waals surface area (Å²) in [6.07, 6.45) is 0. The third-order valence-corrected chi connectivity index (χ3v) is 2.19. The van der Waals surface area contributed by atoms with Crippen LogP contribution in [-0.2, 0) is 0 Å². The molecule has 0 saturated heterocycles. The van der Waals surface area contributed by atoms with Crippen LogP contribution in [0, 0.1) is 10.1 Å². The molecule has 0 aliphatic carbocycles. The number of anilines is 1. The predicted molar refractivity (Wildman–Crippen MR) is 59.6 cm³/mol. The van der Waals surface area contributed by atoms with Crippen LogP contribution in [0.2, 0.25) is 0 Å². The molecule has 0 radical (unpaired) electrons. The maximum absolute atomic E-state index is 10.7. The Morgan fingerprint density at radius 1 is 1.47 bits per heavy atom. The number of aromatic nitrogens is 1. The number of nitrogen functional groups attached to an aromatic ring is 1. The first kappa shape index (κ1) is 10.9. The van der Waals surface area contributed by atoms with Gasteiger partial charge in [-0.3, -0.25) is 10.1 Å². The van der Waals surface area contributed by atoms with E-state index in [9.17, 15) is 10.1 Å². The molecule has 1 aromatic carbocycles. The molecule has 0 aliphatic heterocycles. The Hall–Kier alpha value is -2.57. The molecule has 7 heteroatoms.